The van der Waals surface area contributed by atoms with Crippen molar-refractivity contribution in [2.45, 2.75) is 19.9 Å². The molecule has 20 heavy (non-hydrogen) atoms. The Hall–Kier alpha value is -2.29. The van der Waals surface area contributed by atoms with Crippen molar-refractivity contribution >= 4 is 23.5 Å². The van der Waals surface area contributed by atoms with Crippen molar-refractivity contribution in [2.75, 3.05) is 11.4 Å². The lowest BCUT2D eigenvalue weighted by Crippen LogP contribution is -2.40. The van der Waals surface area contributed by atoms with Gasteiger partial charge in [-0.2, -0.15) is 24.7 Å². The van der Waals surface area contributed by atoms with E-state index in [1.165, 1.54) is 17.3 Å². The van der Waals surface area contributed by atoms with E-state index >= 15 is 0 Å². The van der Waals surface area contributed by atoms with Crippen molar-refractivity contribution in [3.8, 4) is 5.95 Å². The van der Waals surface area contributed by atoms with E-state index in [2.05, 4.69) is 25.0 Å². The Morgan fingerprint density at radius 2 is 2.20 bits per heavy atom. The van der Waals surface area contributed by atoms with Crippen LogP contribution in [0.5, 0.6) is 0 Å². The molecule has 0 aliphatic heterocycles. The molecule has 0 spiro atoms. The SMILES string of the molecule is CC(C)N(CC(N)=O)c1nc(Cl)nc(-n2cncn2)n1. The van der Waals surface area contributed by atoms with Crippen molar-refractivity contribution in [1.29, 1.82) is 0 Å². The van der Waals surface area contributed by atoms with E-state index in [4.69, 9.17) is 17.3 Å². The van der Waals surface area contributed by atoms with E-state index in [9.17, 15) is 4.79 Å². The second kappa shape index (κ2) is 5.78. The minimum atomic E-state index is -0.488. The van der Waals surface area contributed by atoms with E-state index in [0.29, 0.717) is 0 Å². The number of rotatable bonds is 5. The second-order valence-corrected chi connectivity index (χ2v) is 4.57. The molecule has 2 N–H and O–H groups in total. The van der Waals surface area contributed by atoms with Crippen LogP contribution in [0.15, 0.2) is 12.7 Å². The van der Waals surface area contributed by atoms with Crippen LogP contribution in [0, 0.1) is 0 Å². The number of primary amides is 1. The first kappa shape index (κ1) is 14.1. The third-order valence-corrected chi connectivity index (χ3v) is 2.58. The number of aromatic nitrogens is 6. The summed E-state index contributed by atoms with van der Waals surface area (Å²) in [7, 11) is 0. The van der Waals surface area contributed by atoms with Crippen LogP contribution in [0.25, 0.3) is 5.95 Å². The van der Waals surface area contributed by atoms with Gasteiger partial charge >= 0.3 is 0 Å². The van der Waals surface area contributed by atoms with Crippen LogP contribution in [0.3, 0.4) is 0 Å². The van der Waals surface area contributed by atoms with Gasteiger partial charge in [0.25, 0.3) is 5.95 Å². The standard InChI is InChI=1S/C10H13ClN8O/c1-6(2)18(3-7(12)20)9-15-8(11)16-10(17-9)19-5-13-4-14-19/h4-6H,3H2,1-2H3,(H2,12,20). The molecule has 0 fully saturated rings. The zero-order valence-electron chi connectivity index (χ0n) is 10.9. The number of carbonyl (C=O) groups excluding carboxylic acids is 1. The summed E-state index contributed by atoms with van der Waals surface area (Å²) in [4.78, 5) is 28.8. The van der Waals surface area contributed by atoms with Crippen LogP contribution in [0.2, 0.25) is 5.28 Å². The van der Waals surface area contributed by atoms with Gasteiger partial charge in [-0.05, 0) is 25.4 Å². The fraction of sp³-hybridized carbons (Fsp3) is 0.400. The molecule has 0 radical (unpaired) electrons. The van der Waals surface area contributed by atoms with E-state index in [0.717, 1.165) is 0 Å². The predicted molar refractivity (Wildman–Crippen MR) is 71.4 cm³/mol. The maximum absolute atomic E-state index is 11.1. The average Bonchev–Trinajstić information content (AvgIpc) is 2.88. The molecule has 0 aliphatic carbocycles. The third-order valence-electron chi connectivity index (χ3n) is 2.41. The second-order valence-electron chi connectivity index (χ2n) is 4.23. The summed E-state index contributed by atoms with van der Waals surface area (Å²) in [5, 5.41) is 3.91. The Kier molecular flexibility index (Phi) is 4.08. The van der Waals surface area contributed by atoms with Gasteiger partial charge < -0.3 is 10.6 Å². The maximum Gasteiger partial charge on any atom is 0.258 e. The molecule has 2 aromatic rings. The van der Waals surface area contributed by atoms with Gasteiger partial charge in [0.2, 0.25) is 17.1 Å². The number of carbonyl (C=O) groups is 1. The van der Waals surface area contributed by atoms with Crippen LogP contribution >= 0.6 is 11.6 Å². The molecule has 0 aromatic carbocycles. The van der Waals surface area contributed by atoms with Crippen molar-refractivity contribution in [2.24, 2.45) is 5.73 Å². The normalized spacial score (nSPS) is 10.8. The Morgan fingerprint density at radius 3 is 2.75 bits per heavy atom. The van der Waals surface area contributed by atoms with Crippen molar-refractivity contribution in [3.05, 3.63) is 17.9 Å². The van der Waals surface area contributed by atoms with Crippen LogP contribution < -0.4 is 10.6 Å². The number of hydrogen-bond acceptors (Lipinski definition) is 7. The number of nitrogens with two attached hydrogens (primary N) is 1. The summed E-state index contributed by atoms with van der Waals surface area (Å²) in [6, 6.07) is -0.0374. The van der Waals surface area contributed by atoms with Gasteiger partial charge in [-0.25, -0.2) is 4.98 Å². The highest BCUT2D eigenvalue weighted by molar-refractivity contribution is 6.28. The van der Waals surface area contributed by atoms with Crippen LogP contribution in [0.4, 0.5) is 5.95 Å². The Labute approximate surface area is 119 Å². The summed E-state index contributed by atoms with van der Waals surface area (Å²) in [5.74, 6) is -0.0190. The molecule has 2 rings (SSSR count). The Bertz CT molecular complexity index is 599. The van der Waals surface area contributed by atoms with Gasteiger partial charge in [0.15, 0.2) is 0 Å². The smallest absolute Gasteiger partial charge is 0.258 e. The highest BCUT2D eigenvalue weighted by Gasteiger charge is 2.18. The Morgan fingerprint density at radius 1 is 1.45 bits per heavy atom. The van der Waals surface area contributed by atoms with Crippen LogP contribution in [0.1, 0.15) is 13.8 Å². The van der Waals surface area contributed by atoms with Gasteiger partial charge in [-0.15, -0.1) is 0 Å². The summed E-state index contributed by atoms with van der Waals surface area (Å²) >= 11 is 5.89. The minimum Gasteiger partial charge on any atom is -0.368 e. The third kappa shape index (κ3) is 3.18. The monoisotopic (exact) mass is 296 g/mol. The summed E-state index contributed by atoms with van der Waals surface area (Å²) in [6.07, 6.45) is 2.78. The van der Waals surface area contributed by atoms with Gasteiger partial charge in [0.05, 0.1) is 6.54 Å². The lowest BCUT2D eigenvalue weighted by Gasteiger charge is -2.25. The fourth-order valence-electron chi connectivity index (χ4n) is 1.52. The molecule has 10 heteroatoms. The predicted octanol–water partition coefficient (Wildman–Crippen LogP) is -0.194. The van der Waals surface area contributed by atoms with Gasteiger partial charge in [0, 0.05) is 6.04 Å². The lowest BCUT2D eigenvalue weighted by molar-refractivity contribution is -0.116. The zero-order valence-corrected chi connectivity index (χ0v) is 11.7. The maximum atomic E-state index is 11.1. The number of halogens is 1. The molecule has 9 nitrogen and oxygen atoms in total. The summed E-state index contributed by atoms with van der Waals surface area (Å²) < 4.78 is 1.35. The summed E-state index contributed by atoms with van der Waals surface area (Å²) in [5.41, 5.74) is 5.23. The highest BCUT2D eigenvalue weighted by Crippen LogP contribution is 2.15. The van der Waals surface area contributed by atoms with Crippen molar-refractivity contribution in [1.82, 2.24) is 29.7 Å². The van der Waals surface area contributed by atoms with Crippen molar-refractivity contribution < 1.29 is 4.79 Å². The molecule has 0 saturated carbocycles. The molecule has 2 aromatic heterocycles. The Balaban J connectivity index is 2.42. The van der Waals surface area contributed by atoms with Crippen LogP contribution in [-0.4, -0.2) is 48.2 Å². The molecular formula is C10H13ClN8O. The van der Waals surface area contributed by atoms with E-state index in [1.54, 1.807) is 4.90 Å². The highest BCUT2D eigenvalue weighted by atomic mass is 35.5. The average molecular weight is 297 g/mol. The van der Waals surface area contributed by atoms with E-state index < -0.39 is 5.91 Å². The first-order valence-electron chi connectivity index (χ1n) is 5.79. The molecule has 0 bridgehead atoms. The molecule has 0 unspecified atom stereocenters. The molecule has 106 valence electrons. The van der Waals surface area contributed by atoms with Gasteiger partial charge in [-0.3, -0.25) is 4.79 Å². The minimum absolute atomic E-state index is 0.00406. The summed E-state index contributed by atoms with van der Waals surface area (Å²) in [6.45, 7) is 3.75. The fourth-order valence-corrected chi connectivity index (χ4v) is 1.68. The van der Waals surface area contributed by atoms with Gasteiger partial charge in [-0.1, -0.05) is 0 Å². The molecule has 0 saturated heterocycles. The van der Waals surface area contributed by atoms with Gasteiger partial charge in [0.1, 0.15) is 12.7 Å². The first-order valence-corrected chi connectivity index (χ1v) is 6.16. The molecule has 2 heterocycles. The quantitative estimate of drug-likeness (QED) is 0.812. The lowest BCUT2D eigenvalue weighted by atomic mass is 10.3. The molecule has 0 aliphatic rings. The number of hydrogen-bond donors (Lipinski definition) is 1. The van der Waals surface area contributed by atoms with Crippen LogP contribution in [-0.2, 0) is 4.79 Å². The number of nitrogens with zero attached hydrogens (tertiary/aromatic N) is 7. The van der Waals surface area contributed by atoms with E-state index in [-0.39, 0.29) is 29.8 Å². The molecule has 1 amide bonds. The number of amides is 1. The largest absolute Gasteiger partial charge is 0.368 e. The molecular weight excluding hydrogens is 284 g/mol. The number of anilines is 1. The topological polar surface area (TPSA) is 116 Å². The van der Waals surface area contributed by atoms with E-state index in [1.807, 2.05) is 13.8 Å². The van der Waals surface area contributed by atoms with Crippen molar-refractivity contribution in [3.63, 3.8) is 0 Å². The first-order chi connectivity index (χ1) is 9.47. The molecule has 0 atom stereocenters. The zero-order chi connectivity index (χ0) is 14.7.